The van der Waals surface area contributed by atoms with Gasteiger partial charge in [-0.15, -0.1) is 0 Å². The van der Waals surface area contributed by atoms with Crippen molar-refractivity contribution in [3.63, 3.8) is 0 Å². The van der Waals surface area contributed by atoms with Crippen LogP contribution >= 0.6 is 11.8 Å². The number of aromatic nitrogens is 1. The largest absolute Gasteiger partial charge is 0.395 e. The molecule has 0 saturated carbocycles. The smallest absolute Gasteiger partial charge is 0.271 e. The lowest BCUT2D eigenvalue weighted by atomic mass is 10.1. The van der Waals surface area contributed by atoms with Crippen molar-refractivity contribution in [3.8, 4) is 11.8 Å². The molecule has 1 aromatic rings. The molecule has 1 unspecified atom stereocenters. The van der Waals surface area contributed by atoms with E-state index in [2.05, 4.69) is 22.1 Å². The van der Waals surface area contributed by atoms with Gasteiger partial charge in [0.05, 0.1) is 12.2 Å². The molecule has 2 heterocycles. The number of hydrogen-bond donors (Lipinski definition) is 2. The Morgan fingerprint density at radius 3 is 3.25 bits per heavy atom. The Morgan fingerprint density at radius 1 is 1.60 bits per heavy atom. The highest BCUT2D eigenvalue weighted by molar-refractivity contribution is 7.99. The zero-order valence-corrected chi connectivity index (χ0v) is 12.1. The van der Waals surface area contributed by atoms with Gasteiger partial charge in [-0.2, -0.15) is 11.8 Å². The van der Waals surface area contributed by atoms with Crippen molar-refractivity contribution in [1.29, 1.82) is 0 Å². The number of thioether (sulfide) groups is 1. The zero-order valence-electron chi connectivity index (χ0n) is 11.3. The number of nitrogens with one attached hydrogen (secondary N) is 1. The minimum atomic E-state index is -0.171. The molecule has 1 aromatic heterocycles. The summed E-state index contributed by atoms with van der Waals surface area (Å²) in [5.41, 5.74) is 0.975. The Hall–Kier alpha value is -1.51. The monoisotopic (exact) mass is 290 g/mol. The fourth-order valence-electron chi connectivity index (χ4n) is 1.97. The van der Waals surface area contributed by atoms with Crippen molar-refractivity contribution in [2.24, 2.45) is 5.92 Å². The van der Waals surface area contributed by atoms with Gasteiger partial charge < -0.3 is 10.4 Å². The van der Waals surface area contributed by atoms with Gasteiger partial charge in [-0.1, -0.05) is 11.8 Å². The third-order valence-electron chi connectivity index (χ3n) is 3.06. The number of hydrogen-bond acceptors (Lipinski definition) is 4. The number of carbonyl (C=O) groups is 1. The van der Waals surface area contributed by atoms with E-state index in [1.165, 1.54) is 5.75 Å². The van der Waals surface area contributed by atoms with Crippen molar-refractivity contribution in [3.05, 3.63) is 29.6 Å². The van der Waals surface area contributed by atoms with E-state index in [4.69, 9.17) is 5.11 Å². The number of pyridine rings is 1. The van der Waals surface area contributed by atoms with E-state index in [1.54, 1.807) is 18.3 Å². The van der Waals surface area contributed by atoms with Crippen LogP contribution in [0.25, 0.3) is 0 Å². The molecule has 5 heteroatoms. The first-order chi connectivity index (χ1) is 9.81. The molecule has 106 valence electrons. The van der Waals surface area contributed by atoms with Crippen LogP contribution in [0.3, 0.4) is 0 Å². The summed E-state index contributed by atoms with van der Waals surface area (Å²) >= 11 is 1.93. The second-order valence-corrected chi connectivity index (χ2v) is 5.76. The van der Waals surface area contributed by atoms with Gasteiger partial charge in [0.2, 0.25) is 0 Å². The predicted molar refractivity (Wildman–Crippen MR) is 80.6 cm³/mol. The fraction of sp³-hybridized carbons (Fsp3) is 0.467. The fourth-order valence-corrected chi connectivity index (χ4v) is 3.25. The van der Waals surface area contributed by atoms with E-state index in [0.29, 0.717) is 30.1 Å². The van der Waals surface area contributed by atoms with Crippen LogP contribution in [0.5, 0.6) is 0 Å². The van der Waals surface area contributed by atoms with Crippen molar-refractivity contribution < 1.29 is 9.90 Å². The lowest BCUT2D eigenvalue weighted by Gasteiger charge is -2.10. The van der Waals surface area contributed by atoms with Crippen LogP contribution in [-0.4, -0.2) is 40.7 Å². The Balaban J connectivity index is 1.99. The van der Waals surface area contributed by atoms with Gasteiger partial charge in [0.25, 0.3) is 5.91 Å². The standard InChI is InChI=1S/C15H18N2O2S/c18-8-2-1-4-13-5-3-7-16-14(13)15(19)17-10-12-6-9-20-11-12/h3,5,7,12,18H,2,6,8-11H2,(H,17,19). The topological polar surface area (TPSA) is 62.2 Å². The summed E-state index contributed by atoms with van der Waals surface area (Å²) in [6.45, 7) is 0.722. The summed E-state index contributed by atoms with van der Waals surface area (Å²) in [6.07, 6.45) is 3.16. The summed E-state index contributed by atoms with van der Waals surface area (Å²) in [5.74, 6) is 8.40. The Labute approximate surface area is 123 Å². The minimum Gasteiger partial charge on any atom is -0.395 e. The first-order valence-corrected chi connectivity index (χ1v) is 7.87. The number of aliphatic hydroxyl groups is 1. The first kappa shape index (κ1) is 14.9. The molecule has 1 amide bonds. The number of aliphatic hydroxyl groups excluding tert-OH is 1. The van der Waals surface area contributed by atoms with E-state index in [1.807, 2.05) is 11.8 Å². The van der Waals surface area contributed by atoms with Crippen LogP contribution in [-0.2, 0) is 0 Å². The van der Waals surface area contributed by atoms with Crippen LogP contribution in [0.4, 0.5) is 0 Å². The summed E-state index contributed by atoms with van der Waals surface area (Å²) in [5, 5.41) is 11.7. The highest BCUT2D eigenvalue weighted by Crippen LogP contribution is 2.22. The highest BCUT2D eigenvalue weighted by Gasteiger charge is 2.18. The Kier molecular flexibility index (Phi) is 5.90. The molecular weight excluding hydrogens is 272 g/mol. The van der Waals surface area contributed by atoms with Gasteiger partial charge in [-0.3, -0.25) is 4.79 Å². The molecule has 4 nitrogen and oxygen atoms in total. The Morgan fingerprint density at radius 2 is 2.50 bits per heavy atom. The molecule has 2 N–H and O–H groups in total. The average Bonchev–Trinajstić information content (AvgIpc) is 2.99. The molecule has 1 saturated heterocycles. The summed E-state index contributed by atoms with van der Waals surface area (Å²) in [4.78, 5) is 16.3. The zero-order chi connectivity index (χ0) is 14.2. The van der Waals surface area contributed by atoms with E-state index < -0.39 is 0 Å². The molecule has 0 spiro atoms. The van der Waals surface area contributed by atoms with Crippen molar-refractivity contribution in [2.75, 3.05) is 24.7 Å². The van der Waals surface area contributed by atoms with Gasteiger partial charge in [0, 0.05) is 19.2 Å². The maximum absolute atomic E-state index is 12.2. The van der Waals surface area contributed by atoms with Crippen molar-refractivity contribution >= 4 is 17.7 Å². The summed E-state index contributed by atoms with van der Waals surface area (Å²) < 4.78 is 0. The molecule has 2 rings (SSSR count). The number of carbonyl (C=O) groups excluding carboxylic acids is 1. The molecule has 1 aliphatic heterocycles. The quantitative estimate of drug-likeness (QED) is 0.821. The molecule has 0 aliphatic carbocycles. The van der Waals surface area contributed by atoms with E-state index in [0.717, 1.165) is 12.2 Å². The second kappa shape index (κ2) is 7.93. The Bertz CT molecular complexity index is 516. The average molecular weight is 290 g/mol. The molecule has 20 heavy (non-hydrogen) atoms. The summed E-state index contributed by atoms with van der Waals surface area (Å²) in [6, 6.07) is 3.53. The lowest BCUT2D eigenvalue weighted by molar-refractivity contribution is 0.0943. The van der Waals surface area contributed by atoms with Gasteiger partial charge in [0.1, 0.15) is 5.69 Å². The normalized spacial score (nSPS) is 17.4. The molecule has 0 radical (unpaired) electrons. The SMILES string of the molecule is O=C(NCC1CCSC1)c1ncccc1C#CCCO. The van der Waals surface area contributed by atoms with E-state index >= 15 is 0 Å². The van der Waals surface area contributed by atoms with Crippen LogP contribution in [0.2, 0.25) is 0 Å². The van der Waals surface area contributed by atoms with Gasteiger partial charge in [-0.05, 0) is 36.0 Å². The first-order valence-electron chi connectivity index (χ1n) is 6.72. The third kappa shape index (κ3) is 4.26. The third-order valence-corrected chi connectivity index (χ3v) is 4.29. The molecule has 1 aliphatic rings. The summed E-state index contributed by atoms with van der Waals surface area (Å²) in [7, 11) is 0. The second-order valence-electron chi connectivity index (χ2n) is 4.61. The number of amides is 1. The predicted octanol–water partition coefficient (Wildman–Crippen LogP) is 1.30. The van der Waals surface area contributed by atoms with E-state index in [-0.39, 0.29) is 12.5 Å². The maximum atomic E-state index is 12.2. The van der Waals surface area contributed by atoms with Gasteiger partial charge in [-0.25, -0.2) is 4.98 Å². The number of rotatable bonds is 4. The highest BCUT2D eigenvalue weighted by atomic mass is 32.2. The van der Waals surface area contributed by atoms with Crippen LogP contribution in [0, 0.1) is 17.8 Å². The molecular formula is C15H18N2O2S. The molecule has 0 bridgehead atoms. The van der Waals surface area contributed by atoms with Gasteiger partial charge >= 0.3 is 0 Å². The molecule has 1 atom stereocenters. The molecule has 0 aromatic carbocycles. The maximum Gasteiger partial charge on any atom is 0.271 e. The van der Waals surface area contributed by atoms with Crippen LogP contribution < -0.4 is 5.32 Å². The van der Waals surface area contributed by atoms with Crippen molar-refractivity contribution in [2.45, 2.75) is 12.8 Å². The number of nitrogens with zero attached hydrogens (tertiary/aromatic N) is 1. The van der Waals surface area contributed by atoms with Crippen molar-refractivity contribution in [1.82, 2.24) is 10.3 Å². The van der Waals surface area contributed by atoms with Gasteiger partial charge in [0.15, 0.2) is 0 Å². The molecule has 1 fully saturated rings. The van der Waals surface area contributed by atoms with Crippen LogP contribution in [0.15, 0.2) is 18.3 Å². The lowest BCUT2D eigenvalue weighted by Crippen LogP contribution is -2.30. The van der Waals surface area contributed by atoms with Crippen LogP contribution in [0.1, 0.15) is 28.9 Å². The minimum absolute atomic E-state index is 0.0220. The van der Waals surface area contributed by atoms with E-state index in [9.17, 15) is 4.79 Å².